The van der Waals surface area contributed by atoms with E-state index in [9.17, 15) is 22.8 Å². The van der Waals surface area contributed by atoms with Crippen LogP contribution in [0.2, 0.25) is 0 Å². The van der Waals surface area contributed by atoms with Crippen LogP contribution in [0, 0.1) is 5.41 Å². The molecule has 2 fully saturated rings. The zero-order chi connectivity index (χ0) is 23.2. The van der Waals surface area contributed by atoms with E-state index in [2.05, 4.69) is 25.8 Å². The van der Waals surface area contributed by atoms with E-state index in [0.29, 0.717) is 35.4 Å². The first-order chi connectivity index (χ1) is 15.7. The first-order valence-corrected chi connectivity index (χ1v) is 11.0. The lowest BCUT2D eigenvalue weighted by Gasteiger charge is -2.59. The van der Waals surface area contributed by atoms with Gasteiger partial charge in [0.1, 0.15) is 0 Å². The number of nitrogens with zero attached hydrogens (tertiary/aromatic N) is 3. The Kier molecular flexibility index (Phi) is 5.19. The molecule has 0 radical (unpaired) electrons. The van der Waals surface area contributed by atoms with Crippen molar-refractivity contribution >= 4 is 40.4 Å². The number of H-pyrrole nitrogens is 1. The van der Waals surface area contributed by atoms with Crippen molar-refractivity contribution in [1.29, 1.82) is 0 Å². The number of hydrogen-bond donors (Lipinski definition) is 3. The summed E-state index contributed by atoms with van der Waals surface area (Å²) < 4.78 is 37.6. The van der Waals surface area contributed by atoms with E-state index >= 15 is 0 Å². The number of thioether (sulfide) groups is 1. The minimum Gasteiger partial charge on any atom is -0.337 e. The molecule has 3 N–H and O–H groups in total. The number of nitrogens with one attached hydrogen (secondary N) is 3. The minimum absolute atomic E-state index is 0.000581. The van der Waals surface area contributed by atoms with Crippen molar-refractivity contribution in [2.24, 2.45) is 5.41 Å². The third-order valence-electron chi connectivity index (χ3n) is 5.94. The molecule has 1 saturated heterocycles. The second-order valence-electron chi connectivity index (χ2n) is 8.43. The number of aromatic nitrogens is 3. The first kappa shape index (κ1) is 21.6. The Bertz CT molecular complexity index is 1220. The van der Waals surface area contributed by atoms with Crippen molar-refractivity contribution in [2.45, 2.75) is 29.3 Å². The van der Waals surface area contributed by atoms with Crippen molar-refractivity contribution in [1.82, 2.24) is 25.4 Å². The molecule has 2 aliphatic rings. The maximum absolute atomic E-state index is 12.8. The summed E-state index contributed by atoms with van der Waals surface area (Å²) in [5.74, 6) is -0.0693. The number of halogens is 3. The van der Waals surface area contributed by atoms with Gasteiger partial charge in [-0.2, -0.15) is 18.3 Å². The van der Waals surface area contributed by atoms with Crippen molar-refractivity contribution in [3.05, 3.63) is 48.3 Å². The third kappa shape index (κ3) is 4.47. The standard InChI is InChI=1S/C21H19F3N6O2S/c22-21(23,24)33-14-3-1-2-12(6-14)27-19(32)28-13-7-20(8-13)10-30(11-20)18(31)15-4-5-25-17-16(15)9-26-29-17/h1-6,9,13H,7-8,10-11H2,(H,25,26,29)(H2,27,28,32). The van der Waals surface area contributed by atoms with Crippen LogP contribution in [0.3, 0.4) is 0 Å². The van der Waals surface area contributed by atoms with Gasteiger partial charge in [0.15, 0.2) is 5.65 Å². The molecule has 1 aliphatic heterocycles. The highest BCUT2D eigenvalue weighted by Gasteiger charge is 2.54. The predicted octanol–water partition coefficient (Wildman–Crippen LogP) is 4.00. The molecule has 1 spiro atoms. The molecule has 2 aromatic heterocycles. The fourth-order valence-electron chi connectivity index (χ4n) is 4.58. The van der Waals surface area contributed by atoms with Crippen LogP contribution >= 0.6 is 11.8 Å². The van der Waals surface area contributed by atoms with E-state index in [1.54, 1.807) is 23.4 Å². The van der Waals surface area contributed by atoms with Crippen LogP contribution < -0.4 is 10.6 Å². The Morgan fingerprint density at radius 1 is 1.21 bits per heavy atom. The summed E-state index contributed by atoms with van der Waals surface area (Å²) in [4.78, 5) is 31.0. The van der Waals surface area contributed by atoms with Gasteiger partial charge in [-0.05, 0) is 48.9 Å². The van der Waals surface area contributed by atoms with E-state index in [0.717, 1.165) is 12.8 Å². The van der Waals surface area contributed by atoms with Crippen LogP contribution in [-0.2, 0) is 0 Å². The fraction of sp³-hybridized carbons (Fsp3) is 0.333. The molecule has 1 saturated carbocycles. The lowest BCUT2D eigenvalue weighted by molar-refractivity contribution is -0.0582. The number of carbonyl (C=O) groups excluding carboxylic acids is 2. The summed E-state index contributed by atoms with van der Waals surface area (Å²) in [5.41, 5.74) is -2.97. The molecule has 3 aromatic rings. The quantitative estimate of drug-likeness (QED) is 0.494. The number of likely N-dealkylation sites (tertiary alicyclic amines) is 1. The third-order valence-corrected chi connectivity index (χ3v) is 6.67. The van der Waals surface area contributed by atoms with Crippen molar-refractivity contribution in [3.8, 4) is 0 Å². The highest BCUT2D eigenvalue weighted by molar-refractivity contribution is 8.00. The maximum Gasteiger partial charge on any atom is 0.446 e. The molecule has 3 heterocycles. The number of aromatic amines is 1. The van der Waals surface area contributed by atoms with Crippen molar-refractivity contribution < 1.29 is 22.8 Å². The monoisotopic (exact) mass is 476 g/mol. The number of amides is 3. The molecule has 0 atom stereocenters. The largest absolute Gasteiger partial charge is 0.446 e. The summed E-state index contributed by atoms with van der Waals surface area (Å²) in [5, 5.41) is 12.8. The zero-order valence-electron chi connectivity index (χ0n) is 17.1. The number of anilines is 1. The zero-order valence-corrected chi connectivity index (χ0v) is 18.0. The van der Waals surface area contributed by atoms with Crippen LogP contribution in [0.4, 0.5) is 23.7 Å². The van der Waals surface area contributed by atoms with Gasteiger partial charge in [0.25, 0.3) is 5.91 Å². The number of alkyl halides is 3. The van der Waals surface area contributed by atoms with Gasteiger partial charge >= 0.3 is 11.5 Å². The van der Waals surface area contributed by atoms with E-state index < -0.39 is 11.5 Å². The average molecular weight is 476 g/mol. The van der Waals surface area contributed by atoms with Gasteiger partial charge in [-0.1, -0.05) is 6.07 Å². The summed E-state index contributed by atoms with van der Waals surface area (Å²) in [7, 11) is 0. The Morgan fingerprint density at radius 2 is 2.00 bits per heavy atom. The number of hydrogen-bond acceptors (Lipinski definition) is 5. The lowest BCUT2D eigenvalue weighted by Crippen LogP contribution is -2.67. The molecule has 0 bridgehead atoms. The van der Waals surface area contributed by atoms with Gasteiger partial charge in [0.05, 0.1) is 17.1 Å². The first-order valence-electron chi connectivity index (χ1n) is 10.2. The number of rotatable bonds is 4. The smallest absolute Gasteiger partial charge is 0.337 e. The topological polar surface area (TPSA) is 103 Å². The van der Waals surface area contributed by atoms with Gasteiger partial charge in [-0.3, -0.25) is 9.89 Å². The molecule has 3 amide bonds. The van der Waals surface area contributed by atoms with Crippen LogP contribution in [0.1, 0.15) is 23.2 Å². The average Bonchev–Trinajstić information content (AvgIpc) is 3.16. The van der Waals surface area contributed by atoms with Gasteiger partial charge in [-0.25, -0.2) is 9.78 Å². The number of carbonyl (C=O) groups is 2. The van der Waals surface area contributed by atoms with Crippen molar-refractivity contribution in [2.75, 3.05) is 18.4 Å². The molecule has 1 aromatic carbocycles. The molecule has 33 heavy (non-hydrogen) atoms. The molecular formula is C21H19F3N6O2S. The Labute approximate surface area is 190 Å². The van der Waals surface area contributed by atoms with Crippen molar-refractivity contribution in [3.63, 3.8) is 0 Å². The molecule has 12 heteroatoms. The minimum atomic E-state index is -4.39. The van der Waals surface area contributed by atoms with Crippen LogP contribution in [0.5, 0.6) is 0 Å². The Balaban J connectivity index is 1.10. The van der Waals surface area contributed by atoms with E-state index in [1.807, 2.05) is 0 Å². The molecule has 5 rings (SSSR count). The molecular weight excluding hydrogens is 457 g/mol. The lowest BCUT2D eigenvalue weighted by atomic mass is 9.60. The summed E-state index contributed by atoms with van der Waals surface area (Å²) in [6.45, 7) is 1.23. The second-order valence-corrected chi connectivity index (χ2v) is 9.57. The highest BCUT2D eigenvalue weighted by Crippen LogP contribution is 2.49. The summed E-state index contributed by atoms with van der Waals surface area (Å²) >= 11 is -0.229. The second kappa shape index (κ2) is 7.94. The summed E-state index contributed by atoms with van der Waals surface area (Å²) in [6, 6.07) is 6.79. The van der Waals surface area contributed by atoms with Gasteiger partial charge < -0.3 is 15.5 Å². The number of benzene rings is 1. The summed E-state index contributed by atoms with van der Waals surface area (Å²) in [6.07, 6.45) is 4.64. The normalized spacial score (nSPS) is 17.5. The number of pyridine rings is 1. The SMILES string of the molecule is O=C(Nc1cccc(SC(F)(F)F)c1)NC1CC2(C1)CN(C(=O)c1ccnc3[nH]ncc13)C2. The predicted molar refractivity (Wildman–Crippen MR) is 116 cm³/mol. The van der Waals surface area contributed by atoms with Gasteiger partial charge in [-0.15, -0.1) is 0 Å². The molecule has 172 valence electrons. The Hall–Kier alpha value is -3.28. The molecule has 0 unspecified atom stereocenters. The molecule has 8 nitrogen and oxygen atoms in total. The van der Waals surface area contributed by atoms with Gasteiger partial charge in [0, 0.05) is 41.3 Å². The Morgan fingerprint density at radius 3 is 2.76 bits per heavy atom. The van der Waals surface area contributed by atoms with E-state index in [1.165, 1.54) is 24.3 Å². The maximum atomic E-state index is 12.8. The van der Waals surface area contributed by atoms with Crippen LogP contribution in [0.15, 0.2) is 47.6 Å². The number of fused-ring (bicyclic) bond motifs is 1. The molecule has 1 aliphatic carbocycles. The highest BCUT2D eigenvalue weighted by atomic mass is 32.2. The van der Waals surface area contributed by atoms with Gasteiger partial charge in [0.2, 0.25) is 0 Å². The fourth-order valence-corrected chi connectivity index (χ4v) is 5.18. The van der Waals surface area contributed by atoms with Crippen LogP contribution in [0.25, 0.3) is 11.0 Å². The van der Waals surface area contributed by atoms with Crippen LogP contribution in [-0.4, -0.2) is 56.7 Å². The number of urea groups is 1. The van der Waals surface area contributed by atoms with E-state index in [-0.39, 0.29) is 34.0 Å². The van der Waals surface area contributed by atoms with E-state index in [4.69, 9.17) is 0 Å².